The Balaban J connectivity index is 3.09. The Hall–Kier alpha value is -1.36. The predicted octanol–water partition coefficient (Wildman–Crippen LogP) is 1.57. The highest BCUT2D eigenvalue weighted by atomic mass is 32.2. The molecule has 1 aromatic rings. The molecule has 16 heavy (non-hydrogen) atoms. The van der Waals surface area contributed by atoms with E-state index >= 15 is 0 Å². The van der Waals surface area contributed by atoms with Crippen LogP contribution in [0.1, 0.15) is 13.8 Å². The van der Waals surface area contributed by atoms with Crippen LogP contribution in [0.3, 0.4) is 0 Å². The maximum atomic E-state index is 12.0. The molecule has 0 aliphatic rings. The van der Waals surface area contributed by atoms with Crippen LogP contribution < -0.4 is 0 Å². The zero-order valence-electron chi connectivity index (χ0n) is 9.12. The Bertz CT molecular complexity index is 464. The average molecular weight is 242 g/mol. The number of sulfone groups is 1. The molecule has 1 rings (SSSR count). The Morgan fingerprint density at radius 3 is 2.12 bits per heavy atom. The summed E-state index contributed by atoms with van der Waals surface area (Å²) < 4.78 is 24.0. The van der Waals surface area contributed by atoms with E-state index in [-0.39, 0.29) is 4.90 Å². The van der Waals surface area contributed by atoms with Gasteiger partial charge in [-0.05, 0) is 19.1 Å². The Morgan fingerprint density at radius 2 is 1.69 bits per heavy atom. The Morgan fingerprint density at radius 1 is 1.19 bits per heavy atom. The normalized spacial score (nSPS) is 15.4. The van der Waals surface area contributed by atoms with Crippen LogP contribution in [0.15, 0.2) is 35.2 Å². The highest BCUT2D eigenvalue weighted by Gasteiger charge is 2.31. The van der Waals surface area contributed by atoms with Crippen molar-refractivity contribution in [3.63, 3.8) is 0 Å². The van der Waals surface area contributed by atoms with Crippen LogP contribution in [-0.2, 0) is 14.6 Å². The number of hydrogen-bond acceptors (Lipinski definition) is 3. The molecule has 0 aromatic heterocycles. The molecule has 0 heterocycles. The van der Waals surface area contributed by atoms with Crippen LogP contribution in [0.25, 0.3) is 0 Å². The van der Waals surface area contributed by atoms with Crippen molar-refractivity contribution in [1.29, 1.82) is 0 Å². The van der Waals surface area contributed by atoms with Gasteiger partial charge in [0.1, 0.15) is 0 Å². The summed E-state index contributed by atoms with van der Waals surface area (Å²) in [6.07, 6.45) is 0. The van der Waals surface area contributed by atoms with Gasteiger partial charge in [0, 0.05) is 0 Å². The van der Waals surface area contributed by atoms with Gasteiger partial charge in [0.05, 0.1) is 16.1 Å². The van der Waals surface area contributed by atoms with Gasteiger partial charge in [-0.15, -0.1) is 0 Å². The van der Waals surface area contributed by atoms with E-state index in [9.17, 15) is 13.2 Å². The van der Waals surface area contributed by atoms with Crippen LogP contribution in [0.5, 0.6) is 0 Å². The van der Waals surface area contributed by atoms with E-state index in [1.54, 1.807) is 18.2 Å². The summed E-state index contributed by atoms with van der Waals surface area (Å²) in [6.45, 7) is 2.81. The topological polar surface area (TPSA) is 71.4 Å². The summed E-state index contributed by atoms with van der Waals surface area (Å²) in [5, 5.41) is 7.86. The van der Waals surface area contributed by atoms with Crippen molar-refractivity contribution in [1.82, 2.24) is 0 Å². The van der Waals surface area contributed by atoms with E-state index in [0.717, 1.165) is 0 Å². The summed E-state index contributed by atoms with van der Waals surface area (Å²) in [6, 6.07) is 7.89. The van der Waals surface area contributed by atoms with E-state index in [4.69, 9.17) is 5.11 Å². The molecule has 0 saturated carbocycles. The minimum Gasteiger partial charge on any atom is -0.481 e. The molecule has 0 saturated heterocycles. The number of hydrogen-bond donors (Lipinski definition) is 1. The Labute approximate surface area is 94.8 Å². The van der Waals surface area contributed by atoms with Crippen molar-refractivity contribution >= 4 is 15.8 Å². The SMILES string of the molecule is CC(C(=O)O)C(C)S(=O)(=O)c1ccccc1. The summed E-state index contributed by atoms with van der Waals surface area (Å²) >= 11 is 0. The van der Waals surface area contributed by atoms with Crippen molar-refractivity contribution in [3.8, 4) is 0 Å². The third-order valence-corrected chi connectivity index (χ3v) is 4.97. The maximum Gasteiger partial charge on any atom is 0.307 e. The number of benzene rings is 1. The zero-order chi connectivity index (χ0) is 12.3. The zero-order valence-corrected chi connectivity index (χ0v) is 9.94. The number of aliphatic carboxylic acids is 1. The smallest absolute Gasteiger partial charge is 0.307 e. The van der Waals surface area contributed by atoms with Gasteiger partial charge in [0.2, 0.25) is 0 Å². The quantitative estimate of drug-likeness (QED) is 0.870. The molecule has 5 heteroatoms. The van der Waals surface area contributed by atoms with E-state index in [1.807, 2.05) is 0 Å². The minimum atomic E-state index is -3.56. The fraction of sp³-hybridized carbons (Fsp3) is 0.364. The molecule has 0 aliphatic carbocycles. The van der Waals surface area contributed by atoms with Crippen LogP contribution in [-0.4, -0.2) is 24.7 Å². The van der Waals surface area contributed by atoms with E-state index in [1.165, 1.54) is 26.0 Å². The second-order valence-corrected chi connectivity index (χ2v) is 6.00. The lowest BCUT2D eigenvalue weighted by molar-refractivity contribution is -0.141. The molecular weight excluding hydrogens is 228 g/mol. The number of carboxylic acids is 1. The second kappa shape index (κ2) is 4.65. The van der Waals surface area contributed by atoms with Crippen molar-refractivity contribution < 1.29 is 18.3 Å². The number of rotatable bonds is 4. The van der Waals surface area contributed by atoms with E-state index in [2.05, 4.69) is 0 Å². The van der Waals surface area contributed by atoms with Crippen molar-refractivity contribution in [2.75, 3.05) is 0 Å². The van der Waals surface area contributed by atoms with Crippen molar-refractivity contribution in [2.45, 2.75) is 24.0 Å². The van der Waals surface area contributed by atoms with Crippen molar-refractivity contribution in [2.24, 2.45) is 5.92 Å². The van der Waals surface area contributed by atoms with Crippen LogP contribution in [0, 0.1) is 5.92 Å². The highest BCUT2D eigenvalue weighted by Crippen LogP contribution is 2.21. The molecule has 0 spiro atoms. The van der Waals surface area contributed by atoms with Gasteiger partial charge in [-0.1, -0.05) is 25.1 Å². The third-order valence-electron chi connectivity index (χ3n) is 2.65. The molecule has 4 nitrogen and oxygen atoms in total. The third kappa shape index (κ3) is 2.41. The molecule has 0 bridgehead atoms. The van der Waals surface area contributed by atoms with E-state index < -0.39 is 27.0 Å². The molecule has 0 aliphatic heterocycles. The number of carboxylic acid groups (broad SMARTS) is 1. The van der Waals surface area contributed by atoms with Gasteiger partial charge in [0.15, 0.2) is 9.84 Å². The highest BCUT2D eigenvalue weighted by molar-refractivity contribution is 7.92. The first kappa shape index (κ1) is 12.7. The molecule has 0 fully saturated rings. The minimum absolute atomic E-state index is 0.163. The average Bonchev–Trinajstić information content (AvgIpc) is 2.28. The van der Waals surface area contributed by atoms with Gasteiger partial charge in [-0.3, -0.25) is 4.79 Å². The predicted molar refractivity (Wildman–Crippen MR) is 59.9 cm³/mol. The monoisotopic (exact) mass is 242 g/mol. The van der Waals surface area contributed by atoms with Gasteiger partial charge < -0.3 is 5.11 Å². The lowest BCUT2D eigenvalue weighted by Gasteiger charge is -2.16. The molecule has 2 atom stereocenters. The second-order valence-electron chi connectivity index (χ2n) is 3.69. The van der Waals surface area contributed by atoms with Crippen LogP contribution >= 0.6 is 0 Å². The first-order valence-corrected chi connectivity index (χ1v) is 6.43. The number of carbonyl (C=O) groups is 1. The molecule has 0 amide bonds. The maximum absolute atomic E-state index is 12.0. The fourth-order valence-corrected chi connectivity index (χ4v) is 2.91. The summed E-state index contributed by atoms with van der Waals surface area (Å²) in [5.74, 6) is -2.03. The van der Waals surface area contributed by atoms with Gasteiger partial charge in [0.25, 0.3) is 0 Å². The lowest BCUT2D eigenvalue weighted by Crippen LogP contribution is -2.30. The molecule has 1 N–H and O–H groups in total. The van der Waals surface area contributed by atoms with E-state index in [0.29, 0.717) is 0 Å². The van der Waals surface area contributed by atoms with Gasteiger partial charge in [-0.25, -0.2) is 8.42 Å². The standard InChI is InChI=1S/C11H14O4S/c1-8(11(12)13)9(2)16(14,15)10-6-4-3-5-7-10/h3-9H,1-2H3,(H,12,13). The molecule has 2 unspecified atom stereocenters. The summed E-state index contributed by atoms with van der Waals surface area (Å²) in [4.78, 5) is 10.9. The molecular formula is C11H14O4S. The summed E-state index contributed by atoms with van der Waals surface area (Å²) in [7, 11) is -3.56. The first-order valence-electron chi connectivity index (χ1n) is 4.89. The fourth-order valence-electron chi connectivity index (χ4n) is 1.29. The lowest BCUT2D eigenvalue weighted by atomic mass is 10.1. The first-order chi connectivity index (χ1) is 7.37. The molecule has 0 radical (unpaired) electrons. The van der Waals surface area contributed by atoms with Crippen LogP contribution in [0.4, 0.5) is 0 Å². The molecule has 88 valence electrons. The van der Waals surface area contributed by atoms with Crippen LogP contribution in [0.2, 0.25) is 0 Å². The van der Waals surface area contributed by atoms with Gasteiger partial charge >= 0.3 is 5.97 Å². The van der Waals surface area contributed by atoms with Crippen molar-refractivity contribution in [3.05, 3.63) is 30.3 Å². The largest absolute Gasteiger partial charge is 0.481 e. The molecule has 1 aromatic carbocycles. The Kier molecular flexibility index (Phi) is 3.70. The van der Waals surface area contributed by atoms with Gasteiger partial charge in [-0.2, -0.15) is 0 Å². The summed E-state index contributed by atoms with van der Waals surface area (Å²) in [5.41, 5.74) is 0.